The summed E-state index contributed by atoms with van der Waals surface area (Å²) in [5.74, 6) is 0.739. The van der Waals surface area contributed by atoms with Gasteiger partial charge in [-0.2, -0.15) is 5.26 Å². The Kier molecular flexibility index (Phi) is 2.41. The van der Waals surface area contributed by atoms with Gasteiger partial charge in [-0.25, -0.2) is 0 Å². The molecule has 1 aromatic carbocycles. The third-order valence-corrected chi connectivity index (χ3v) is 2.60. The van der Waals surface area contributed by atoms with Gasteiger partial charge in [0.25, 0.3) is 0 Å². The molecule has 0 atom stereocenters. The van der Waals surface area contributed by atoms with Crippen molar-refractivity contribution in [3.63, 3.8) is 0 Å². The Labute approximate surface area is 84.1 Å². The van der Waals surface area contributed by atoms with Crippen LogP contribution in [0.4, 0.5) is 0 Å². The van der Waals surface area contributed by atoms with Crippen molar-refractivity contribution in [2.24, 2.45) is 0 Å². The Hall–Kier alpha value is -1.49. The van der Waals surface area contributed by atoms with Gasteiger partial charge in [0.05, 0.1) is 11.7 Å². The monoisotopic (exact) mass is 187 g/mol. The zero-order valence-electron chi connectivity index (χ0n) is 8.29. The first-order valence-corrected chi connectivity index (χ1v) is 4.97. The van der Waals surface area contributed by atoms with E-state index >= 15 is 0 Å². The SMILES string of the molecule is Cc1ccc(OC2CCC2)c(C#N)c1. The molecule has 0 aliphatic heterocycles. The van der Waals surface area contributed by atoms with Crippen LogP contribution in [0.1, 0.15) is 30.4 Å². The molecule has 72 valence electrons. The number of aryl methyl sites for hydroxylation is 1. The normalized spacial score (nSPS) is 15.7. The minimum Gasteiger partial charge on any atom is -0.489 e. The van der Waals surface area contributed by atoms with Gasteiger partial charge in [-0.1, -0.05) is 6.07 Å². The second-order valence-electron chi connectivity index (χ2n) is 3.78. The molecule has 1 aromatic rings. The topological polar surface area (TPSA) is 33.0 Å². The maximum Gasteiger partial charge on any atom is 0.137 e. The van der Waals surface area contributed by atoms with Gasteiger partial charge in [0, 0.05) is 0 Å². The first-order valence-electron chi connectivity index (χ1n) is 4.97. The molecule has 1 aliphatic carbocycles. The van der Waals surface area contributed by atoms with Crippen LogP contribution in [0.3, 0.4) is 0 Å². The van der Waals surface area contributed by atoms with Crippen molar-refractivity contribution >= 4 is 0 Å². The zero-order valence-corrected chi connectivity index (χ0v) is 8.29. The predicted octanol–water partition coefficient (Wildman–Crippen LogP) is 2.80. The average Bonchev–Trinajstić information content (AvgIpc) is 2.13. The molecular formula is C12H13NO. The van der Waals surface area contributed by atoms with Gasteiger partial charge in [-0.15, -0.1) is 0 Å². The van der Waals surface area contributed by atoms with Crippen LogP contribution in [0.2, 0.25) is 0 Å². The molecule has 2 nitrogen and oxygen atoms in total. The van der Waals surface area contributed by atoms with Gasteiger partial charge in [0.1, 0.15) is 11.8 Å². The third kappa shape index (κ3) is 1.72. The van der Waals surface area contributed by atoms with Crippen LogP contribution < -0.4 is 4.74 Å². The summed E-state index contributed by atoms with van der Waals surface area (Å²) in [6.45, 7) is 1.98. The summed E-state index contributed by atoms with van der Waals surface area (Å²) in [6.07, 6.45) is 3.83. The van der Waals surface area contributed by atoms with Gasteiger partial charge >= 0.3 is 0 Å². The molecule has 2 heteroatoms. The van der Waals surface area contributed by atoms with E-state index in [0.29, 0.717) is 11.7 Å². The number of benzene rings is 1. The van der Waals surface area contributed by atoms with E-state index in [1.54, 1.807) is 0 Å². The number of nitrogens with zero attached hydrogens (tertiary/aromatic N) is 1. The lowest BCUT2D eigenvalue weighted by molar-refractivity contribution is 0.120. The van der Waals surface area contributed by atoms with Crippen LogP contribution in [-0.4, -0.2) is 6.10 Å². The highest BCUT2D eigenvalue weighted by Gasteiger charge is 2.20. The standard InChI is InChI=1S/C12H13NO/c1-9-5-6-12(10(7-9)8-13)14-11-3-2-4-11/h5-7,11H,2-4H2,1H3. The number of ether oxygens (including phenoxy) is 1. The fourth-order valence-corrected chi connectivity index (χ4v) is 1.50. The highest BCUT2D eigenvalue weighted by Crippen LogP contribution is 2.27. The molecule has 0 spiro atoms. The van der Waals surface area contributed by atoms with Crippen molar-refractivity contribution in [3.05, 3.63) is 29.3 Å². The Bertz CT molecular complexity index is 374. The molecule has 0 amide bonds. The summed E-state index contributed by atoms with van der Waals surface area (Å²) in [6, 6.07) is 7.91. The molecule has 0 heterocycles. The summed E-state index contributed by atoms with van der Waals surface area (Å²) in [7, 11) is 0. The van der Waals surface area contributed by atoms with Gasteiger partial charge < -0.3 is 4.74 Å². The lowest BCUT2D eigenvalue weighted by Crippen LogP contribution is -2.24. The lowest BCUT2D eigenvalue weighted by Gasteiger charge is -2.26. The quantitative estimate of drug-likeness (QED) is 0.713. The van der Waals surface area contributed by atoms with Crippen LogP contribution in [0.25, 0.3) is 0 Å². The fraction of sp³-hybridized carbons (Fsp3) is 0.417. The van der Waals surface area contributed by atoms with Crippen LogP contribution in [0, 0.1) is 18.3 Å². The molecule has 0 radical (unpaired) electrons. The molecule has 14 heavy (non-hydrogen) atoms. The highest BCUT2D eigenvalue weighted by atomic mass is 16.5. The van der Waals surface area contributed by atoms with Crippen LogP contribution >= 0.6 is 0 Å². The smallest absolute Gasteiger partial charge is 0.137 e. The maximum absolute atomic E-state index is 8.92. The number of rotatable bonds is 2. The van der Waals surface area contributed by atoms with E-state index in [9.17, 15) is 0 Å². The lowest BCUT2D eigenvalue weighted by atomic mass is 9.96. The van der Waals surface area contributed by atoms with Gasteiger partial charge in [-0.05, 0) is 43.9 Å². The minimum atomic E-state index is 0.338. The third-order valence-electron chi connectivity index (χ3n) is 2.60. The average molecular weight is 187 g/mol. The predicted molar refractivity (Wildman–Crippen MR) is 54.2 cm³/mol. The number of hydrogen-bond acceptors (Lipinski definition) is 2. The molecule has 2 rings (SSSR count). The Balaban J connectivity index is 2.19. The van der Waals surface area contributed by atoms with E-state index in [2.05, 4.69) is 6.07 Å². The van der Waals surface area contributed by atoms with Crippen molar-refractivity contribution in [3.8, 4) is 11.8 Å². The van der Waals surface area contributed by atoms with E-state index in [-0.39, 0.29) is 0 Å². The molecule has 1 saturated carbocycles. The van der Waals surface area contributed by atoms with Crippen LogP contribution in [0.5, 0.6) is 5.75 Å². The van der Waals surface area contributed by atoms with E-state index in [1.807, 2.05) is 25.1 Å². The number of nitriles is 1. The minimum absolute atomic E-state index is 0.338. The molecule has 0 N–H and O–H groups in total. The fourth-order valence-electron chi connectivity index (χ4n) is 1.50. The van der Waals surface area contributed by atoms with Gasteiger partial charge in [0.15, 0.2) is 0 Å². The molecular weight excluding hydrogens is 174 g/mol. The second kappa shape index (κ2) is 3.71. The van der Waals surface area contributed by atoms with Crippen molar-refractivity contribution in [1.82, 2.24) is 0 Å². The van der Waals surface area contributed by atoms with E-state index in [4.69, 9.17) is 10.00 Å². The van der Waals surface area contributed by atoms with Gasteiger partial charge in [0.2, 0.25) is 0 Å². The van der Waals surface area contributed by atoms with Crippen molar-refractivity contribution < 1.29 is 4.74 Å². The summed E-state index contributed by atoms with van der Waals surface area (Å²) in [5, 5.41) is 8.92. The Morgan fingerprint density at radius 3 is 2.79 bits per heavy atom. The Morgan fingerprint density at radius 2 is 2.21 bits per heavy atom. The zero-order chi connectivity index (χ0) is 9.97. The molecule has 0 bridgehead atoms. The largest absolute Gasteiger partial charge is 0.489 e. The molecule has 0 saturated heterocycles. The summed E-state index contributed by atoms with van der Waals surface area (Å²) < 4.78 is 5.70. The number of hydrogen-bond donors (Lipinski definition) is 0. The second-order valence-corrected chi connectivity index (χ2v) is 3.78. The molecule has 1 aliphatic rings. The van der Waals surface area contributed by atoms with Crippen molar-refractivity contribution in [2.75, 3.05) is 0 Å². The van der Waals surface area contributed by atoms with Gasteiger partial charge in [-0.3, -0.25) is 0 Å². The Morgan fingerprint density at radius 1 is 1.43 bits per heavy atom. The first-order chi connectivity index (χ1) is 6.79. The molecule has 1 fully saturated rings. The highest BCUT2D eigenvalue weighted by molar-refractivity contribution is 5.45. The van der Waals surface area contributed by atoms with Crippen LogP contribution in [0.15, 0.2) is 18.2 Å². The molecule has 0 unspecified atom stereocenters. The van der Waals surface area contributed by atoms with E-state index in [1.165, 1.54) is 6.42 Å². The van der Waals surface area contributed by atoms with E-state index in [0.717, 1.165) is 24.2 Å². The van der Waals surface area contributed by atoms with Crippen molar-refractivity contribution in [1.29, 1.82) is 5.26 Å². The summed E-state index contributed by atoms with van der Waals surface area (Å²) >= 11 is 0. The summed E-state index contributed by atoms with van der Waals surface area (Å²) in [4.78, 5) is 0. The maximum atomic E-state index is 8.92. The van der Waals surface area contributed by atoms with E-state index < -0.39 is 0 Å². The van der Waals surface area contributed by atoms with Crippen LogP contribution in [-0.2, 0) is 0 Å². The summed E-state index contributed by atoms with van der Waals surface area (Å²) in [5.41, 5.74) is 1.75. The van der Waals surface area contributed by atoms with Crippen molar-refractivity contribution in [2.45, 2.75) is 32.3 Å². The molecule has 0 aromatic heterocycles. The first kappa shape index (κ1) is 9.08.